The Bertz CT molecular complexity index is 910. The van der Waals surface area contributed by atoms with Crippen molar-refractivity contribution in [2.45, 2.75) is 25.4 Å². The second-order valence-corrected chi connectivity index (χ2v) is 7.54. The minimum Gasteiger partial charge on any atom is -0.496 e. The van der Waals surface area contributed by atoms with Crippen LogP contribution in [-0.4, -0.2) is 37.8 Å². The van der Waals surface area contributed by atoms with Crippen molar-refractivity contribution in [3.63, 3.8) is 0 Å². The SMILES string of the molecule is COc1ccccc1-c1oc(C)c2c1[C@@H]1COCCN1C1C=CC=CC1C2. The van der Waals surface area contributed by atoms with Gasteiger partial charge in [-0.2, -0.15) is 0 Å². The maximum atomic E-state index is 6.38. The minimum absolute atomic E-state index is 0.206. The Kier molecular flexibility index (Phi) is 4.18. The molecular formula is C23H25NO3. The number of ether oxygens (including phenoxy) is 2. The van der Waals surface area contributed by atoms with Gasteiger partial charge in [0.05, 0.1) is 31.9 Å². The molecule has 0 radical (unpaired) electrons. The van der Waals surface area contributed by atoms with E-state index >= 15 is 0 Å². The predicted octanol–water partition coefficient (Wildman–Crippen LogP) is 4.30. The minimum atomic E-state index is 0.206. The molecule has 1 aromatic carbocycles. The standard InChI is InChI=1S/C23H25NO3/c1-15-18-13-16-7-3-5-9-19(16)24-11-12-26-14-20(24)22(18)23(27-15)17-8-4-6-10-21(17)25-2/h3-10,16,19-20H,11-14H2,1-2H3/t16?,19?,20-/m0/s1. The summed E-state index contributed by atoms with van der Waals surface area (Å²) in [6.07, 6.45) is 10.1. The van der Waals surface area contributed by atoms with Crippen LogP contribution in [0, 0.1) is 12.8 Å². The zero-order valence-electron chi connectivity index (χ0n) is 15.9. The smallest absolute Gasteiger partial charge is 0.143 e. The van der Waals surface area contributed by atoms with Crippen molar-refractivity contribution in [3.8, 4) is 17.1 Å². The molecule has 4 nitrogen and oxygen atoms in total. The van der Waals surface area contributed by atoms with Crippen LogP contribution < -0.4 is 4.74 Å². The number of hydrogen-bond acceptors (Lipinski definition) is 4. The van der Waals surface area contributed by atoms with Gasteiger partial charge in [0.2, 0.25) is 0 Å². The quantitative estimate of drug-likeness (QED) is 0.797. The van der Waals surface area contributed by atoms with Crippen molar-refractivity contribution in [1.82, 2.24) is 4.90 Å². The Morgan fingerprint density at radius 2 is 2.00 bits per heavy atom. The van der Waals surface area contributed by atoms with E-state index in [0.29, 0.717) is 18.6 Å². The number of hydrogen-bond donors (Lipinski definition) is 0. The van der Waals surface area contributed by atoms with Crippen molar-refractivity contribution < 1.29 is 13.9 Å². The number of para-hydroxylation sites is 1. The van der Waals surface area contributed by atoms with Crippen molar-refractivity contribution in [3.05, 3.63) is 65.5 Å². The summed E-state index contributed by atoms with van der Waals surface area (Å²) < 4.78 is 17.9. The first-order valence-electron chi connectivity index (χ1n) is 9.72. The Morgan fingerprint density at radius 3 is 2.89 bits per heavy atom. The third-order valence-electron chi connectivity index (χ3n) is 6.14. The van der Waals surface area contributed by atoms with E-state index < -0.39 is 0 Å². The molecule has 140 valence electrons. The number of rotatable bonds is 2. The van der Waals surface area contributed by atoms with Gasteiger partial charge in [-0.05, 0) is 31.0 Å². The summed E-state index contributed by atoms with van der Waals surface area (Å²) in [5.41, 5.74) is 3.64. The van der Waals surface area contributed by atoms with Gasteiger partial charge in [0, 0.05) is 24.1 Å². The molecule has 4 heteroatoms. The second kappa shape index (κ2) is 6.70. The van der Waals surface area contributed by atoms with Gasteiger partial charge in [-0.1, -0.05) is 36.4 Å². The first-order valence-corrected chi connectivity index (χ1v) is 9.72. The molecule has 0 amide bonds. The fraction of sp³-hybridized carbons (Fsp3) is 0.391. The van der Waals surface area contributed by atoms with Gasteiger partial charge in [-0.3, -0.25) is 4.90 Å². The number of aryl methyl sites for hydroxylation is 1. The van der Waals surface area contributed by atoms with Crippen molar-refractivity contribution in [1.29, 1.82) is 0 Å². The molecule has 0 bridgehead atoms. The van der Waals surface area contributed by atoms with Crippen molar-refractivity contribution in [2.24, 2.45) is 5.92 Å². The topological polar surface area (TPSA) is 34.8 Å². The highest BCUT2D eigenvalue weighted by Gasteiger charge is 2.41. The van der Waals surface area contributed by atoms with E-state index in [-0.39, 0.29) is 6.04 Å². The number of methoxy groups -OCH3 is 1. The Hall–Kier alpha value is -2.30. The molecule has 0 spiro atoms. The summed E-state index contributed by atoms with van der Waals surface area (Å²) in [7, 11) is 1.72. The molecule has 3 heterocycles. The predicted molar refractivity (Wildman–Crippen MR) is 105 cm³/mol. The monoisotopic (exact) mass is 363 g/mol. The lowest BCUT2D eigenvalue weighted by molar-refractivity contribution is -0.0255. The van der Waals surface area contributed by atoms with E-state index in [9.17, 15) is 0 Å². The summed E-state index contributed by atoms with van der Waals surface area (Å²) in [6.45, 7) is 4.52. The van der Waals surface area contributed by atoms with Gasteiger partial charge in [0.15, 0.2) is 0 Å². The number of morpholine rings is 1. The summed E-state index contributed by atoms with van der Waals surface area (Å²) in [6, 6.07) is 8.74. The molecule has 2 unspecified atom stereocenters. The Labute approximate surface area is 160 Å². The van der Waals surface area contributed by atoms with Crippen LogP contribution >= 0.6 is 0 Å². The van der Waals surface area contributed by atoms with Gasteiger partial charge in [-0.15, -0.1) is 0 Å². The highest BCUT2D eigenvalue weighted by molar-refractivity contribution is 5.71. The molecule has 2 aromatic rings. The van der Waals surface area contributed by atoms with Gasteiger partial charge in [0.1, 0.15) is 17.3 Å². The first kappa shape index (κ1) is 16.8. The number of furan rings is 1. The molecule has 1 aromatic heterocycles. The molecule has 1 saturated heterocycles. The van der Waals surface area contributed by atoms with Crippen molar-refractivity contribution in [2.75, 3.05) is 26.9 Å². The van der Waals surface area contributed by atoms with Gasteiger partial charge < -0.3 is 13.9 Å². The summed E-state index contributed by atoms with van der Waals surface area (Å²) in [5, 5.41) is 0. The van der Waals surface area contributed by atoms with E-state index in [0.717, 1.165) is 42.4 Å². The number of fused-ring (bicyclic) bond motifs is 5. The summed E-state index contributed by atoms with van der Waals surface area (Å²) >= 11 is 0. The summed E-state index contributed by atoms with van der Waals surface area (Å²) in [5.74, 6) is 3.27. The molecule has 0 N–H and O–H groups in total. The van der Waals surface area contributed by atoms with E-state index in [1.54, 1.807) is 7.11 Å². The first-order chi connectivity index (χ1) is 13.3. The molecule has 1 fully saturated rings. The van der Waals surface area contributed by atoms with Crippen LogP contribution in [0.25, 0.3) is 11.3 Å². The molecule has 0 saturated carbocycles. The zero-order valence-corrected chi connectivity index (χ0v) is 15.9. The third-order valence-corrected chi connectivity index (χ3v) is 6.14. The van der Waals surface area contributed by atoms with E-state index in [4.69, 9.17) is 13.9 Å². The van der Waals surface area contributed by atoms with Crippen LogP contribution in [0.4, 0.5) is 0 Å². The normalized spacial score (nSPS) is 26.8. The molecule has 27 heavy (non-hydrogen) atoms. The van der Waals surface area contributed by atoms with Crippen molar-refractivity contribution >= 4 is 0 Å². The maximum absolute atomic E-state index is 6.38. The number of benzene rings is 1. The Balaban J connectivity index is 1.71. The molecule has 3 atom stereocenters. The van der Waals surface area contributed by atoms with Crippen LogP contribution in [0.5, 0.6) is 5.75 Å². The average molecular weight is 363 g/mol. The second-order valence-electron chi connectivity index (χ2n) is 7.54. The average Bonchev–Trinajstić information content (AvgIpc) is 2.95. The lowest BCUT2D eigenvalue weighted by Crippen LogP contribution is -2.47. The zero-order chi connectivity index (χ0) is 18.4. The van der Waals surface area contributed by atoms with Gasteiger partial charge >= 0.3 is 0 Å². The van der Waals surface area contributed by atoms with Crippen LogP contribution in [0.3, 0.4) is 0 Å². The van der Waals surface area contributed by atoms with Crippen LogP contribution in [0.15, 0.2) is 53.0 Å². The molecule has 2 aliphatic heterocycles. The maximum Gasteiger partial charge on any atom is 0.143 e. The molecule has 5 rings (SSSR count). The van der Waals surface area contributed by atoms with Crippen LogP contribution in [0.2, 0.25) is 0 Å². The van der Waals surface area contributed by atoms with Crippen LogP contribution in [0.1, 0.15) is 22.9 Å². The van der Waals surface area contributed by atoms with E-state index in [2.05, 4.69) is 42.2 Å². The van der Waals surface area contributed by atoms with Gasteiger partial charge in [0.25, 0.3) is 0 Å². The van der Waals surface area contributed by atoms with Gasteiger partial charge in [-0.25, -0.2) is 0 Å². The molecular weight excluding hydrogens is 338 g/mol. The van der Waals surface area contributed by atoms with E-state index in [1.165, 1.54) is 11.1 Å². The lowest BCUT2D eigenvalue weighted by Gasteiger charge is -2.41. The Morgan fingerprint density at radius 1 is 1.15 bits per heavy atom. The summed E-state index contributed by atoms with van der Waals surface area (Å²) in [4.78, 5) is 2.61. The fourth-order valence-electron chi connectivity index (χ4n) is 4.88. The highest BCUT2D eigenvalue weighted by atomic mass is 16.5. The third kappa shape index (κ3) is 2.67. The lowest BCUT2D eigenvalue weighted by atomic mass is 9.88. The van der Waals surface area contributed by atoms with Crippen LogP contribution in [-0.2, 0) is 11.2 Å². The molecule has 1 aliphatic carbocycles. The number of nitrogens with zero attached hydrogens (tertiary/aromatic N) is 1. The van der Waals surface area contributed by atoms with E-state index in [1.807, 2.05) is 18.2 Å². The largest absolute Gasteiger partial charge is 0.496 e. The molecule has 3 aliphatic rings. The fourth-order valence-corrected chi connectivity index (χ4v) is 4.88. The highest BCUT2D eigenvalue weighted by Crippen LogP contribution is 2.46. The number of allylic oxidation sites excluding steroid dienone is 2.